The topological polar surface area (TPSA) is 110 Å². The summed E-state index contributed by atoms with van der Waals surface area (Å²) in [6.07, 6.45) is 4.76. The van der Waals surface area contributed by atoms with Gasteiger partial charge in [-0.1, -0.05) is 0 Å². The van der Waals surface area contributed by atoms with Gasteiger partial charge in [0.15, 0.2) is 0 Å². The lowest BCUT2D eigenvalue weighted by atomic mass is 10.3. The highest BCUT2D eigenvalue weighted by Crippen LogP contribution is 2.12. The Morgan fingerprint density at radius 1 is 1.25 bits per heavy atom. The number of nitrogens with one attached hydrogen (secondary N) is 1. The molecule has 8 heteroatoms. The minimum atomic E-state index is -3.68. The second-order valence-corrected chi connectivity index (χ2v) is 5.53. The molecule has 20 heavy (non-hydrogen) atoms. The summed E-state index contributed by atoms with van der Waals surface area (Å²) in [5.74, 6) is 0. The standard InChI is InChI=1S/C12H13N5O2S/c1-9(12-8-14-6-7-15-12)16-17-10-2-4-11(5-3-10)20(13,18)19/h2-8,17H,1H3,(H2,13,18,19)/b16-9+. The Morgan fingerprint density at radius 3 is 2.50 bits per heavy atom. The zero-order chi connectivity index (χ0) is 14.6. The second kappa shape index (κ2) is 5.76. The molecule has 0 saturated carbocycles. The number of hydrogen-bond donors (Lipinski definition) is 2. The van der Waals surface area contributed by atoms with Crippen molar-refractivity contribution in [2.75, 3.05) is 5.43 Å². The summed E-state index contributed by atoms with van der Waals surface area (Å²) in [5.41, 5.74) is 4.76. The van der Waals surface area contributed by atoms with Gasteiger partial charge in [-0.25, -0.2) is 13.6 Å². The van der Waals surface area contributed by atoms with Crippen LogP contribution in [0.3, 0.4) is 0 Å². The van der Waals surface area contributed by atoms with Crippen LogP contribution in [0.4, 0.5) is 5.69 Å². The first-order valence-corrected chi connectivity index (χ1v) is 7.21. The largest absolute Gasteiger partial charge is 0.278 e. The fourth-order valence-corrected chi connectivity index (χ4v) is 1.93. The Labute approximate surface area is 116 Å². The molecule has 0 spiro atoms. The van der Waals surface area contributed by atoms with Crippen molar-refractivity contribution in [1.82, 2.24) is 9.97 Å². The van der Waals surface area contributed by atoms with Crippen LogP contribution in [-0.4, -0.2) is 24.1 Å². The average Bonchev–Trinajstić information content (AvgIpc) is 2.45. The first-order chi connectivity index (χ1) is 9.47. The molecule has 0 aliphatic rings. The lowest BCUT2D eigenvalue weighted by Gasteiger charge is -2.04. The molecule has 0 bridgehead atoms. The Morgan fingerprint density at radius 2 is 1.95 bits per heavy atom. The van der Waals surface area contributed by atoms with Gasteiger partial charge < -0.3 is 0 Å². The summed E-state index contributed by atoms with van der Waals surface area (Å²) < 4.78 is 22.2. The van der Waals surface area contributed by atoms with E-state index in [9.17, 15) is 8.42 Å². The number of rotatable bonds is 4. The third-order valence-corrected chi connectivity index (χ3v) is 3.40. The van der Waals surface area contributed by atoms with Crippen molar-refractivity contribution in [2.45, 2.75) is 11.8 Å². The van der Waals surface area contributed by atoms with Crippen LogP contribution in [0.15, 0.2) is 52.9 Å². The molecule has 0 amide bonds. The summed E-state index contributed by atoms with van der Waals surface area (Å²) in [7, 11) is -3.68. The maximum atomic E-state index is 11.1. The molecular weight excluding hydrogens is 278 g/mol. The van der Waals surface area contributed by atoms with Crippen molar-refractivity contribution in [1.29, 1.82) is 0 Å². The zero-order valence-electron chi connectivity index (χ0n) is 10.7. The average molecular weight is 291 g/mol. The fraction of sp³-hybridized carbons (Fsp3) is 0.0833. The SMILES string of the molecule is C/C(=N\Nc1ccc(S(N)(=O)=O)cc1)c1cnccn1. The van der Waals surface area contributed by atoms with Crippen molar-refractivity contribution in [3.05, 3.63) is 48.5 Å². The maximum absolute atomic E-state index is 11.1. The number of primary sulfonamides is 1. The smallest absolute Gasteiger partial charge is 0.238 e. The van der Waals surface area contributed by atoms with Gasteiger partial charge in [0.05, 0.1) is 22.5 Å². The number of nitrogens with two attached hydrogens (primary N) is 1. The predicted molar refractivity (Wildman–Crippen MR) is 75.7 cm³/mol. The van der Waals surface area contributed by atoms with E-state index in [1.54, 1.807) is 37.6 Å². The summed E-state index contributed by atoms with van der Waals surface area (Å²) in [6.45, 7) is 1.79. The highest BCUT2D eigenvalue weighted by atomic mass is 32.2. The van der Waals surface area contributed by atoms with Gasteiger partial charge in [-0.3, -0.25) is 15.4 Å². The van der Waals surface area contributed by atoms with Crippen molar-refractivity contribution in [3.8, 4) is 0 Å². The summed E-state index contributed by atoms with van der Waals surface area (Å²) in [6, 6.07) is 5.97. The molecule has 3 N–H and O–H groups in total. The predicted octanol–water partition coefficient (Wildman–Crippen LogP) is 0.960. The third-order valence-electron chi connectivity index (χ3n) is 2.47. The monoisotopic (exact) mass is 291 g/mol. The number of benzene rings is 1. The van der Waals surface area contributed by atoms with Crippen LogP contribution in [0.5, 0.6) is 0 Å². The van der Waals surface area contributed by atoms with E-state index in [4.69, 9.17) is 5.14 Å². The van der Waals surface area contributed by atoms with Gasteiger partial charge >= 0.3 is 0 Å². The molecule has 7 nitrogen and oxygen atoms in total. The van der Waals surface area contributed by atoms with Gasteiger partial charge in [-0.15, -0.1) is 0 Å². The van der Waals surface area contributed by atoms with E-state index in [0.29, 0.717) is 17.1 Å². The molecule has 1 heterocycles. The number of aromatic nitrogens is 2. The molecule has 1 aromatic heterocycles. The molecule has 2 aromatic rings. The van der Waals surface area contributed by atoms with Crippen LogP contribution in [0, 0.1) is 0 Å². The second-order valence-electron chi connectivity index (χ2n) is 3.97. The molecule has 0 radical (unpaired) electrons. The highest BCUT2D eigenvalue weighted by Gasteiger charge is 2.06. The molecule has 0 saturated heterocycles. The van der Waals surface area contributed by atoms with E-state index in [1.807, 2.05) is 0 Å². The lowest BCUT2D eigenvalue weighted by molar-refractivity contribution is 0.598. The van der Waals surface area contributed by atoms with E-state index in [-0.39, 0.29) is 4.90 Å². The van der Waals surface area contributed by atoms with Gasteiger partial charge in [0, 0.05) is 12.4 Å². The Balaban J connectivity index is 2.12. The maximum Gasteiger partial charge on any atom is 0.238 e. The Bertz CT molecular complexity index is 711. The van der Waals surface area contributed by atoms with Crippen LogP contribution < -0.4 is 10.6 Å². The summed E-state index contributed by atoms with van der Waals surface area (Å²) >= 11 is 0. The van der Waals surface area contributed by atoms with Crippen LogP contribution in [-0.2, 0) is 10.0 Å². The third kappa shape index (κ3) is 3.59. The number of hydrazone groups is 1. The molecular formula is C12H13N5O2S. The van der Waals surface area contributed by atoms with Crippen molar-refractivity contribution >= 4 is 21.4 Å². The highest BCUT2D eigenvalue weighted by molar-refractivity contribution is 7.89. The van der Waals surface area contributed by atoms with Gasteiger partial charge in [0.2, 0.25) is 10.0 Å². The van der Waals surface area contributed by atoms with Crippen LogP contribution in [0.1, 0.15) is 12.6 Å². The van der Waals surface area contributed by atoms with E-state index in [2.05, 4.69) is 20.5 Å². The van der Waals surface area contributed by atoms with Crippen molar-refractivity contribution < 1.29 is 8.42 Å². The molecule has 0 unspecified atom stereocenters. The van der Waals surface area contributed by atoms with Crippen LogP contribution in [0.2, 0.25) is 0 Å². The lowest BCUT2D eigenvalue weighted by Crippen LogP contribution is -2.11. The molecule has 0 fully saturated rings. The van der Waals surface area contributed by atoms with E-state index < -0.39 is 10.0 Å². The molecule has 0 atom stereocenters. The van der Waals surface area contributed by atoms with E-state index in [0.717, 1.165) is 0 Å². The normalized spacial score (nSPS) is 12.2. The fourth-order valence-electron chi connectivity index (χ4n) is 1.41. The quantitative estimate of drug-likeness (QED) is 0.644. The van der Waals surface area contributed by atoms with Gasteiger partial charge in [0.25, 0.3) is 0 Å². The molecule has 104 valence electrons. The molecule has 1 aromatic carbocycles. The molecule has 2 rings (SSSR count). The minimum Gasteiger partial charge on any atom is -0.278 e. The number of hydrogen-bond acceptors (Lipinski definition) is 6. The summed E-state index contributed by atoms with van der Waals surface area (Å²) in [5, 5.41) is 9.15. The molecule has 0 aliphatic carbocycles. The molecule has 0 aliphatic heterocycles. The van der Waals surface area contributed by atoms with Crippen LogP contribution in [0.25, 0.3) is 0 Å². The number of anilines is 1. The Hall–Kier alpha value is -2.32. The Kier molecular flexibility index (Phi) is 4.06. The zero-order valence-corrected chi connectivity index (χ0v) is 11.5. The summed E-state index contributed by atoms with van der Waals surface area (Å²) in [4.78, 5) is 8.11. The first-order valence-electron chi connectivity index (χ1n) is 5.66. The minimum absolute atomic E-state index is 0.0534. The number of nitrogens with zero attached hydrogens (tertiary/aromatic N) is 3. The van der Waals surface area contributed by atoms with Gasteiger partial charge in [-0.2, -0.15) is 5.10 Å². The number of sulfonamides is 1. The van der Waals surface area contributed by atoms with Crippen LogP contribution >= 0.6 is 0 Å². The first kappa shape index (κ1) is 14.1. The van der Waals surface area contributed by atoms with E-state index >= 15 is 0 Å². The van der Waals surface area contributed by atoms with Crippen molar-refractivity contribution in [3.63, 3.8) is 0 Å². The van der Waals surface area contributed by atoms with Gasteiger partial charge in [0.1, 0.15) is 5.69 Å². The van der Waals surface area contributed by atoms with E-state index in [1.165, 1.54) is 12.1 Å². The van der Waals surface area contributed by atoms with Gasteiger partial charge in [-0.05, 0) is 31.2 Å². The van der Waals surface area contributed by atoms with Crippen molar-refractivity contribution in [2.24, 2.45) is 10.2 Å².